The second-order valence-corrected chi connectivity index (χ2v) is 5.70. The van der Waals surface area contributed by atoms with Crippen molar-refractivity contribution in [1.29, 1.82) is 0 Å². The van der Waals surface area contributed by atoms with E-state index in [2.05, 4.69) is 5.32 Å². The van der Waals surface area contributed by atoms with Crippen molar-refractivity contribution in [1.82, 2.24) is 0 Å². The third-order valence-corrected chi connectivity index (χ3v) is 3.68. The summed E-state index contributed by atoms with van der Waals surface area (Å²) in [4.78, 5) is 12.0. The predicted molar refractivity (Wildman–Crippen MR) is 73.9 cm³/mol. The van der Waals surface area contributed by atoms with Gasteiger partial charge < -0.3 is 9.73 Å². The van der Waals surface area contributed by atoms with Gasteiger partial charge in [-0.2, -0.15) is 0 Å². The Morgan fingerprint density at radius 2 is 1.90 bits per heavy atom. The average molecular weight is 294 g/mol. The maximum absolute atomic E-state index is 12.0. The highest BCUT2D eigenvalue weighted by Crippen LogP contribution is 2.16. The summed E-state index contributed by atoms with van der Waals surface area (Å²) in [6, 6.07) is 7.21. The van der Waals surface area contributed by atoms with Crippen LogP contribution in [0.5, 0.6) is 0 Å². The van der Waals surface area contributed by atoms with Crippen LogP contribution in [0.1, 0.15) is 23.0 Å². The highest BCUT2D eigenvalue weighted by atomic mass is 32.2. The lowest BCUT2D eigenvalue weighted by Crippen LogP contribution is -2.14. The molecule has 3 N–H and O–H groups in total. The number of furan rings is 1. The lowest BCUT2D eigenvalue weighted by atomic mass is 10.2. The number of rotatable bonds is 4. The molecule has 1 amide bonds. The number of primary sulfonamides is 1. The van der Waals surface area contributed by atoms with E-state index in [0.717, 1.165) is 0 Å². The maximum Gasteiger partial charge on any atom is 0.259 e. The zero-order valence-electron chi connectivity index (χ0n) is 10.8. The van der Waals surface area contributed by atoms with Crippen molar-refractivity contribution in [2.75, 3.05) is 5.32 Å². The van der Waals surface area contributed by atoms with Crippen molar-refractivity contribution in [3.05, 3.63) is 47.9 Å². The predicted octanol–water partition coefficient (Wildman–Crippen LogP) is 1.74. The molecule has 0 aliphatic carbocycles. The molecule has 0 spiro atoms. The molecule has 6 nitrogen and oxygen atoms in total. The third kappa shape index (κ3) is 3.06. The second kappa shape index (κ2) is 5.48. The van der Waals surface area contributed by atoms with E-state index in [1.165, 1.54) is 30.5 Å². The van der Waals surface area contributed by atoms with Gasteiger partial charge in [0.15, 0.2) is 0 Å². The number of nitrogens with one attached hydrogen (secondary N) is 1. The van der Waals surface area contributed by atoms with Gasteiger partial charge in [0.25, 0.3) is 5.91 Å². The molecule has 2 rings (SSSR count). The molecular weight excluding hydrogens is 280 g/mol. The standard InChI is InChI=1S/C13H14N2O4S/c1-2-12-11(7-8-19-12)13(16)15-9-3-5-10(6-4-9)20(14,17)18/h3-8H,2H2,1H3,(H,15,16)(H2,14,17,18). The zero-order chi connectivity index (χ0) is 14.8. The van der Waals surface area contributed by atoms with Crippen molar-refractivity contribution < 1.29 is 17.6 Å². The molecule has 0 radical (unpaired) electrons. The summed E-state index contributed by atoms with van der Waals surface area (Å²) in [7, 11) is -3.73. The molecule has 0 aliphatic rings. The van der Waals surface area contributed by atoms with Gasteiger partial charge in [-0.1, -0.05) is 6.92 Å². The van der Waals surface area contributed by atoms with Crippen LogP contribution in [-0.4, -0.2) is 14.3 Å². The molecule has 20 heavy (non-hydrogen) atoms. The quantitative estimate of drug-likeness (QED) is 0.896. The Bertz CT molecular complexity index is 717. The summed E-state index contributed by atoms with van der Waals surface area (Å²) < 4.78 is 27.4. The van der Waals surface area contributed by atoms with E-state index in [0.29, 0.717) is 23.4 Å². The van der Waals surface area contributed by atoms with Crippen LogP contribution in [0.3, 0.4) is 0 Å². The SMILES string of the molecule is CCc1occc1C(=O)Nc1ccc(S(N)(=O)=O)cc1. The summed E-state index contributed by atoms with van der Waals surface area (Å²) in [5.41, 5.74) is 0.939. The number of hydrogen-bond acceptors (Lipinski definition) is 4. The summed E-state index contributed by atoms with van der Waals surface area (Å²) >= 11 is 0. The summed E-state index contributed by atoms with van der Waals surface area (Å²) in [5, 5.41) is 7.66. The monoisotopic (exact) mass is 294 g/mol. The number of amides is 1. The molecule has 106 valence electrons. The Hall–Kier alpha value is -2.12. The maximum atomic E-state index is 12.0. The molecule has 0 atom stereocenters. The van der Waals surface area contributed by atoms with Gasteiger partial charge in [0.05, 0.1) is 16.7 Å². The molecule has 1 aromatic carbocycles. The molecule has 1 aromatic heterocycles. The van der Waals surface area contributed by atoms with Crippen molar-refractivity contribution >= 4 is 21.6 Å². The van der Waals surface area contributed by atoms with Gasteiger partial charge in [-0.05, 0) is 30.3 Å². The number of hydrogen-bond donors (Lipinski definition) is 2. The number of anilines is 1. The van der Waals surface area contributed by atoms with E-state index >= 15 is 0 Å². The van der Waals surface area contributed by atoms with E-state index in [-0.39, 0.29) is 10.8 Å². The van der Waals surface area contributed by atoms with Gasteiger partial charge in [-0.25, -0.2) is 13.6 Å². The van der Waals surface area contributed by atoms with Crippen molar-refractivity contribution in [2.24, 2.45) is 5.14 Å². The topological polar surface area (TPSA) is 102 Å². The van der Waals surface area contributed by atoms with Gasteiger partial charge in [-0.3, -0.25) is 4.79 Å². The van der Waals surface area contributed by atoms with E-state index in [1.807, 2.05) is 6.92 Å². The van der Waals surface area contributed by atoms with Crippen molar-refractivity contribution in [3.63, 3.8) is 0 Å². The fraction of sp³-hybridized carbons (Fsp3) is 0.154. The van der Waals surface area contributed by atoms with Gasteiger partial charge in [-0.15, -0.1) is 0 Å². The average Bonchev–Trinajstić information content (AvgIpc) is 2.86. The molecule has 1 heterocycles. The largest absolute Gasteiger partial charge is 0.469 e. The number of carbonyl (C=O) groups excluding carboxylic acids is 1. The van der Waals surface area contributed by atoms with E-state index in [4.69, 9.17) is 9.56 Å². The van der Waals surface area contributed by atoms with Gasteiger partial charge >= 0.3 is 0 Å². The van der Waals surface area contributed by atoms with E-state index in [9.17, 15) is 13.2 Å². The van der Waals surface area contributed by atoms with Crippen LogP contribution in [0.25, 0.3) is 0 Å². The van der Waals surface area contributed by atoms with Crippen LogP contribution in [0.4, 0.5) is 5.69 Å². The Kier molecular flexibility index (Phi) is 3.91. The molecular formula is C13H14N2O4S. The molecule has 0 aliphatic heterocycles. The molecule has 0 saturated carbocycles. The Labute approximate surface area is 116 Å². The zero-order valence-corrected chi connectivity index (χ0v) is 11.6. The number of nitrogens with two attached hydrogens (primary N) is 1. The molecule has 0 unspecified atom stereocenters. The number of benzene rings is 1. The Morgan fingerprint density at radius 3 is 2.45 bits per heavy atom. The summed E-state index contributed by atoms with van der Waals surface area (Å²) in [6.45, 7) is 1.89. The smallest absolute Gasteiger partial charge is 0.259 e. The van der Waals surface area contributed by atoms with Crippen LogP contribution in [0.2, 0.25) is 0 Å². The first kappa shape index (κ1) is 14.3. The minimum absolute atomic E-state index is 0.00643. The molecule has 0 bridgehead atoms. The number of sulfonamides is 1. The number of aryl methyl sites for hydroxylation is 1. The highest BCUT2D eigenvalue weighted by molar-refractivity contribution is 7.89. The lowest BCUT2D eigenvalue weighted by molar-refractivity contribution is 0.102. The van der Waals surface area contributed by atoms with Gasteiger partial charge in [0, 0.05) is 12.1 Å². The lowest BCUT2D eigenvalue weighted by Gasteiger charge is -2.05. The van der Waals surface area contributed by atoms with Crippen molar-refractivity contribution in [3.8, 4) is 0 Å². The van der Waals surface area contributed by atoms with Gasteiger partial charge in [0.1, 0.15) is 5.76 Å². The summed E-state index contributed by atoms with van der Waals surface area (Å²) in [5.74, 6) is 0.294. The Balaban J connectivity index is 2.17. The first-order chi connectivity index (χ1) is 9.41. The highest BCUT2D eigenvalue weighted by Gasteiger charge is 2.14. The van der Waals surface area contributed by atoms with Crippen LogP contribution < -0.4 is 10.5 Å². The fourth-order valence-corrected chi connectivity index (χ4v) is 2.26. The van der Waals surface area contributed by atoms with Crippen LogP contribution in [0.15, 0.2) is 45.9 Å². The second-order valence-electron chi connectivity index (χ2n) is 4.13. The summed E-state index contributed by atoms with van der Waals surface area (Å²) in [6.07, 6.45) is 2.07. The minimum atomic E-state index is -3.73. The van der Waals surface area contributed by atoms with Crippen molar-refractivity contribution in [2.45, 2.75) is 18.2 Å². The van der Waals surface area contributed by atoms with Crippen LogP contribution in [-0.2, 0) is 16.4 Å². The number of carbonyl (C=O) groups is 1. The first-order valence-corrected chi connectivity index (χ1v) is 7.47. The van der Waals surface area contributed by atoms with E-state index in [1.54, 1.807) is 6.07 Å². The van der Waals surface area contributed by atoms with Gasteiger partial charge in [0.2, 0.25) is 10.0 Å². The Morgan fingerprint density at radius 1 is 1.25 bits per heavy atom. The van der Waals surface area contributed by atoms with E-state index < -0.39 is 10.0 Å². The molecule has 2 aromatic rings. The minimum Gasteiger partial charge on any atom is -0.469 e. The fourth-order valence-electron chi connectivity index (χ4n) is 1.74. The molecule has 7 heteroatoms. The normalized spacial score (nSPS) is 11.3. The molecule has 0 saturated heterocycles. The third-order valence-electron chi connectivity index (χ3n) is 2.75. The van der Waals surface area contributed by atoms with Crippen LogP contribution in [0, 0.1) is 0 Å². The molecule has 0 fully saturated rings. The van der Waals surface area contributed by atoms with Crippen LogP contribution >= 0.6 is 0 Å². The first-order valence-electron chi connectivity index (χ1n) is 5.92.